The Morgan fingerprint density at radius 2 is 1.92 bits per heavy atom. The zero-order valence-electron chi connectivity index (χ0n) is 15.1. The molecule has 2 aromatic carbocycles. The highest BCUT2D eigenvalue weighted by Gasteiger charge is 2.50. The molecule has 2 unspecified atom stereocenters. The average Bonchev–Trinajstić information content (AvgIpc) is 3.35. The summed E-state index contributed by atoms with van der Waals surface area (Å²) < 4.78 is 13.4. The van der Waals surface area contributed by atoms with Crippen molar-refractivity contribution in [2.24, 2.45) is 0 Å². The first-order valence-corrected chi connectivity index (χ1v) is 9.94. The summed E-state index contributed by atoms with van der Waals surface area (Å²) in [7, 11) is 2.21. The summed E-state index contributed by atoms with van der Waals surface area (Å²) in [5.41, 5.74) is 4.23. The van der Waals surface area contributed by atoms with Gasteiger partial charge in [-0.2, -0.15) is 0 Å². The highest BCUT2D eigenvalue weighted by atomic mass is 35.5. The number of likely N-dealkylation sites (N-methyl/N-ethyl adjacent to an activating group) is 1. The number of likely N-dealkylation sites (tertiary alicyclic amines) is 1. The normalized spacial score (nSPS) is 26.5. The fraction of sp³-hybridized carbons (Fsp3) is 0.455. The molecule has 4 heteroatoms. The Labute approximate surface area is 159 Å². The maximum absolute atomic E-state index is 13.4. The van der Waals surface area contributed by atoms with Gasteiger partial charge in [0.1, 0.15) is 5.82 Å². The molecule has 3 aliphatic rings. The Morgan fingerprint density at radius 3 is 2.65 bits per heavy atom. The average molecular weight is 371 g/mol. The molecule has 5 rings (SSSR count). The van der Waals surface area contributed by atoms with Crippen molar-refractivity contribution >= 4 is 17.3 Å². The number of nitrogens with zero attached hydrogens (tertiary/aromatic N) is 2. The first-order valence-electron chi connectivity index (χ1n) is 9.56. The minimum atomic E-state index is -0.152. The predicted molar refractivity (Wildman–Crippen MR) is 105 cm³/mol. The monoisotopic (exact) mass is 370 g/mol. The number of rotatable bonds is 3. The van der Waals surface area contributed by atoms with E-state index >= 15 is 0 Å². The van der Waals surface area contributed by atoms with E-state index in [9.17, 15) is 4.39 Å². The van der Waals surface area contributed by atoms with Crippen molar-refractivity contribution in [3.63, 3.8) is 0 Å². The van der Waals surface area contributed by atoms with E-state index in [0.717, 1.165) is 24.7 Å². The van der Waals surface area contributed by atoms with Crippen LogP contribution in [-0.4, -0.2) is 37.6 Å². The third kappa shape index (κ3) is 2.64. The molecule has 0 aromatic heterocycles. The van der Waals surface area contributed by atoms with E-state index in [1.54, 1.807) is 12.1 Å². The molecule has 2 aromatic rings. The Bertz CT molecular complexity index is 831. The minimum Gasteiger partial charge on any atom is -0.367 e. The van der Waals surface area contributed by atoms with Crippen molar-refractivity contribution in [2.75, 3.05) is 31.6 Å². The summed E-state index contributed by atoms with van der Waals surface area (Å²) in [5.74, 6) is 0.382. The molecule has 2 fully saturated rings. The van der Waals surface area contributed by atoms with Gasteiger partial charge in [0.2, 0.25) is 0 Å². The Hall–Kier alpha value is -1.58. The van der Waals surface area contributed by atoms with Crippen molar-refractivity contribution in [2.45, 2.75) is 36.6 Å². The second kappa shape index (κ2) is 5.97. The van der Waals surface area contributed by atoms with Gasteiger partial charge in [0.15, 0.2) is 0 Å². The van der Waals surface area contributed by atoms with Gasteiger partial charge >= 0.3 is 0 Å². The standard InChI is InChI=1S/C22H24ClFN2/c1-25-11-8-21-19(13-25)18-12-16(23)4-7-20(18)26(21)14-22(9-10-22)15-2-5-17(24)6-3-15/h2-7,12,19,21H,8-11,13-14H2,1H3. The van der Waals surface area contributed by atoms with Gasteiger partial charge in [0.05, 0.1) is 0 Å². The van der Waals surface area contributed by atoms with Crippen LogP contribution in [0, 0.1) is 5.82 Å². The fourth-order valence-corrected chi connectivity index (χ4v) is 5.25. The molecule has 1 saturated carbocycles. The second-order valence-corrected chi connectivity index (χ2v) is 8.78. The SMILES string of the molecule is CN1CCC2C(C1)c1cc(Cl)ccc1N2CC1(c2ccc(F)cc2)CC1. The van der Waals surface area contributed by atoms with E-state index in [1.807, 2.05) is 18.2 Å². The van der Waals surface area contributed by atoms with Crippen LogP contribution in [0.2, 0.25) is 5.02 Å². The number of hydrogen-bond acceptors (Lipinski definition) is 2. The molecule has 0 spiro atoms. The van der Waals surface area contributed by atoms with E-state index in [0.29, 0.717) is 12.0 Å². The number of anilines is 1. The Kier molecular flexibility index (Phi) is 3.81. The van der Waals surface area contributed by atoms with Crippen molar-refractivity contribution in [1.29, 1.82) is 0 Å². The summed E-state index contributed by atoms with van der Waals surface area (Å²) in [6.45, 7) is 3.26. The predicted octanol–water partition coefficient (Wildman–Crippen LogP) is 4.82. The summed E-state index contributed by atoms with van der Waals surface area (Å²) in [5, 5.41) is 0.831. The maximum Gasteiger partial charge on any atom is 0.123 e. The van der Waals surface area contributed by atoms with E-state index in [1.165, 1.54) is 36.1 Å². The highest BCUT2D eigenvalue weighted by molar-refractivity contribution is 6.30. The quantitative estimate of drug-likeness (QED) is 0.764. The van der Waals surface area contributed by atoms with E-state index in [-0.39, 0.29) is 11.2 Å². The molecule has 0 bridgehead atoms. The van der Waals surface area contributed by atoms with E-state index < -0.39 is 0 Å². The molecule has 136 valence electrons. The van der Waals surface area contributed by atoms with Crippen LogP contribution in [0.15, 0.2) is 42.5 Å². The molecule has 26 heavy (non-hydrogen) atoms. The van der Waals surface area contributed by atoms with Crippen LogP contribution in [0.3, 0.4) is 0 Å². The number of halogens is 2. The number of hydrogen-bond donors (Lipinski definition) is 0. The lowest BCUT2D eigenvalue weighted by Gasteiger charge is -2.39. The first-order chi connectivity index (χ1) is 12.6. The van der Waals surface area contributed by atoms with Crippen LogP contribution < -0.4 is 4.90 Å². The van der Waals surface area contributed by atoms with Gasteiger partial charge in [-0.1, -0.05) is 23.7 Å². The molecule has 2 aliphatic heterocycles. The van der Waals surface area contributed by atoms with Crippen molar-refractivity contribution in [3.8, 4) is 0 Å². The third-order valence-electron chi connectivity index (χ3n) is 6.66. The van der Waals surface area contributed by atoms with E-state index in [4.69, 9.17) is 11.6 Å². The molecular formula is C22H24ClFN2. The fourth-order valence-electron chi connectivity index (χ4n) is 5.06. The molecule has 2 nitrogen and oxygen atoms in total. The van der Waals surface area contributed by atoms with Gasteiger partial charge in [0, 0.05) is 41.2 Å². The van der Waals surface area contributed by atoms with Crippen molar-refractivity contribution < 1.29 is 4.39 Å². The zero-order chi connectivity index (χ0) is 17.9. The number of benzene rings is 2. The first kappa shape index (κ1) is 16.6. The van der Waals surface area contributed by atoms with Gasteiger partial charge in [-0.3, -0.25) is 0 Å². The molecule has 0 amide bonds. The van der Waals surface area contributed by atoms with Gasteiger partial charge < -0.3 is 9.80 Å². The molecule has 1 saturated heterocycles. The summed E-state index contributed by atoms with van der Waals surface area (Å²) in [4.78, 5) is 5.07. The smallest absolute Gasteiger partial charge is 0.123 e. The lowest BCUT2D eigenvalue weighted by molar-refractivity contribution is 0.230. The molecule has 0 N–H and O–H groups in total. The molecule has 2 atom stereocenters. The number of fused-ring (bicyclic) bond motifs is 3. The van der Waals surface area contributed by atoms with Crippen LogP contribution in [0.4, 0.5) is 10.1 Å². The van der Waals surface area contributed by atoms with Crippen LogP contribution in [0.25, 0.3) is 0 Å². The molecule has 1 aliphatic carbocycles. The summed E-state index contributed by atoms with van der Waals surface area (Å²) >= 11 is 6.33. The summed E-state index contributed by atoms with van der Waals surface area (Å²) in [6, 6.07) is 14.1. The Balaban J connectivity index is 1.50. The lowest BCUT2D eigenvalue weighted by Crippen LogP contribution is -2.47. The lowest BCUT2D eigenvalue weighted by atomic mass is 9.88. The van der Waals surface area contributed by atoms with Crippen molar-refractivity contribution in [3.05, 3.63) is 64.4 Å². The van der Waals surface area contributed by atoms with Gasteiger partial charge in [-0.25, -0.2) is 4.39 Å². The van der Waals surface area contributed by atoms with Gasteiger partial charge in [-0.05, 0) is 74.3 Å². The molecule has 0 radical (unpaired) electrons. The molecule has 2 heterocycles. The van der Waals surface area contributed by atoms with Crippen LogP contribution in [0.1, 0.15) is 36.3 Å². The zero-order valence-corrected chi connectivity index (χ0v) is 15.8. The van der Waals surface area contributed by atoms with Gasteiger partial charge in [-0.15, -0.1) is 0 Å². The van der Waals surface area contributed by atoms with Crippen LogP contribution >= 0.6 is 11.6 Å². The highest BCUT2D eigenvalue weighted by Crippen LogP contribution is 2.53. The van der Waals surface area contributed by atoms with Crippen molar-refractivity contribution in [1.82, 2.24) is 4.90 Å². The largest absolute Gasteiger partial charge is 0.367 e. The minimum absolute atomic E-state index is 0.152. The maximum atomic E-state index is 13.4. The topological polar surface area (TPSA) is 6.48 Å². The number of piperidine rings is 1. The van der Waals surface area contributed by atoms with Crippen LogP contribution in [0.5, 0.6) is 0 Å². The Morgan fingerprint density at radius 1 is 1.15 bits per heavy atom. The summed E-state index contributed by atoms with van der Waals surface area (Å²) in [6.07, 6.45) is 3.57. The van der Waals surface area contributed by atoms with Gasteiger partial charge in [0.25, 0.3) is 0 Å². The molecular weight excluding hydrogens is 347 g/mol. The third-order valence-corrected chi connectivity index (χ3v) is 6.90. The van der Waals surface area contributed by atoms with Crippen LogP contribution in [-0.2, 0) is 5.41 Å². The second-order valence-electron chi connectivity index (χ2n) is 8.34. The van der Waals surface area contributed by atoms with E-state index in [2.05, 4.69) is 29.0 Å².